The largest absolute Gasteiger partial charge is 0.337 e. The van der Waals surface area contributed by atoms with Crippen LogP contribution in [0.5, 0.6) is 0 Å². The second-order valence-electron chi connectivity index (χ2n) is 8.23. The molecule has 0 atom stereocenters. The maximum Gasteiger partial charge on any atom is 0.270 e. The molecule has 2 aromatic heterocycles. The Morgan fingerprint density at radius 1 is 1.08 bits per heavy atom. The predicted molar refractivity (Wildman–Crippen MR) is 109 cm³/mol. The highest BCUT2D eigenvalue weighted by molar-refractivity contribution is 7.17. The van der Waals surface area contributed by atoms with Gasteiger partial charge in [-0.05, 0) is 46.9 Å². The SMILES string of the molecule is CC(C)(C)c1ccc(Cn2c(C(=O)N3CCCC3)cc3sccc32)cc1. The molecule has 1 aromatic carbocycles. The Labute approximate surface area is 159 Å². The normalized spacial score (nSPS) is 15.1. The molecule has 26 heavy (non-hydrogen) atoms. The first-order valence-corrected chi connectivity index (χ1v) is 10.3. The fourth-order valence-corrected chi connectivity index (χ4v) is 4.52. The molecule has 0 radical (unpaired) electrons. The van der Waals surface area contributed by atoms with E-state index in [0.717, 1.165) is 43.7 Å². The molecule has 1 amide bonds. The highest BCUT2D eigenvalue weighted by atomic mass is 32.1. The third kappa shape index (κ3) is 3.18. The fraction of sp³-hybridized carbons (Fsp3) is 0.409. The van der Waals surface area contributed by atoms with Crippen molar-refractivity contribution in [2.45, 2.75) is 45.6 Å². The molecule has 0 unspecified atom stereocenters. The van der Waals surface area contributed by atoms with Gasteiger partial charge in [0.2, 0.25) is 0 Å². The summed E-state index contributed by atoms with van der Waals surface area (Å²) in [6, 6.07) is 13.0. The minimum atomic E-state index is 0.156. The molecule has 1 fully saturated rings. The summed E-state index contributed by atoms with van der Waals surface area (Å²) in [7, 11) is 0. The summed E-state index contributed by atoms with van der Waals surface area (Å²) in [5.41, 5.74) is 4.72. The van der Waals surface area contributed by atoms with E-state index in [9.17, 15) is 4.79 Å². The van der Waals surface area contributed by atoms with E-state index in [4.69, 9.17) is 0 Å². The van der Waals surface area contributed by atoms with E-state index in [-0.39, 0.29) is 11.3 Å². The van der Waals surface area contributed by atoms with Crippen molar-refractivity contribution in [3.8, 4) is 0 Å². The van der Waals surface area contributed by atoms with Crippen molar-refractivity contribution in [3.05, 3.63) is 58.6 Å². The highest BCUT2D eigenvalue weighted by Crippen LogP contribution is 2.28. The lowest BCUT2D eigenvalue weighted by atomic mass is 9.87. The molecule has 1 aliphatic heterocycles. The minimum Gasteiger partial charge on any atom is -0.337 e. The van der Waals surface area contributed by atoms with Crippen LogP contribution in [0.25, 0.3) is 10.2 Å². The Kier molecular flexibility index (Phi) is 4.39. The molecule has 3 nitrogen and oxygen atoms in total. The first-order chi connectivity index (χ1) is 12.4. The van der Waals surface area contributed by atoms with E-state index >= 15 is 0 Å². The molecule has 4 heteroatoms. The molecule has 1 aliphatic rings. The molecule has 1 saturated heterocycles. The number of benzene rings is 1. The maximum absolute atomic E-state index is 13.0. The number of carbonyl (C=O) groups excluding carboxylic acids is 1. The van der Waals surface area contributed by atoms with Crippen LogP contribution in [0, 0.1) is 0 Å². The van der Waals surface area contributed by atoms with E-state index < -0.39 is 0 Å². The summed E-state index contributed by atoms with van der Waals surface area (Å²) in [6.07, 6.45) is 2.24. The van der Waals surface area contributed by atoms with Gasteiger partial charge in [-0.1, -0.05) is 45.0 Å². The zero-order chi connectivity index (χ0) is 18.3. The van der Waals surface area contributed by atoms with Gasteiger partial charge in [0.15, 0.2) is 0 Å². The van der Waals surface area contributed by atoms with Gasteiger partial charge < -0.3 is 9.47 Å². The lowest BCUT2D eigenvalue weighted by molar-refractivity contribution is 0.0783. The number of hydrogen-bond acceptors (Lipinski definition) is 2. The first kappa shape index (κ1) is 17.3. The van der Waals surface area contributed by atoms with Gasteiger partial charge in [-0.2, -0.15) is 0 Å². The minimum absolute atomic E-state index is 0.156. The van der Waals surface area contributed by atoms with Crippen LogP contribution in [0.15, 0.2) is 41.8 Å². The van der Waals surface area contributed by atoms with Crippen LogP contribution >= 0.6 is 11.3 Å². The van der Waals surface area contributed by atoms with Crippen molar-refractivity contribution in [1.29, 1.82) is 0 Å². The van der Waals surface area contributed by atoms with Crippen LogP contribution in [0.1, 0.15) is 55.2 Å². The van der Waals surface area contributed by atoms with E-state index in [1.165, 1.54) is 15.8 Å². The third-order valence-corrected chi connectivity index (χ3v) is 6.15. The van der Waals surface area contributed by atoms with Gasteiger partial charge in [0.25, 0.3) is 5.91 Å². The molecular weight excluding hydrogens is 340 g/mol. The van der Waals surface area contributed by atoms with Crippen LogP contribution in [-0.2, 0) is 12.0 Å². The average Bonchev–Trinajstić information content (AvgIpc) is 3.32. The number of thiophene rings is 1. The lowest BCUT2D eigenvalue weighted by Crippen LogP contribution is -2.29. The zero-order valence-corrected chi connectivity index (χ0v) is 16.6. The Balaban J connectivity index is 1.68. The number of nitrogens with zero attached hydrogens (tertiary/aromatic N) is 2. The Bertz CT molecular complexity index is 921. The fourth-order valence-electron chi connectivity index (χ4n) is 3.70. The number of aromatic nitrogens is 1. The number of hydrogen-bond donors (Lipinski definition) is 0. The second kappa shape index (κ2) is 6.58. The van der Waals surface area contributed by atoms with Crippen LogP contribution in [0.2, 0.25) is 0 Å². The number of likely N-dealkylation sites (tertiary alicyclic amines) is 1. The molecule has 0 spiro atoms. The van der Waals surface area contributed by atoms with Gasteiger partial charge in [0.1, 0.15) is 5.69 Å². The van der Waals surface area contributed by atoms with Gasteiger partial charge >= 0.3 is 0 Å². The van der Waals surface area contributed by atoms with Gasteiger partial charge in [0.05, 0.1) is 10.2 Å². The molecule has 0 aliphatic carbocycles. The smallest absolute Gasteiger partial charge is 0.270 e. The molecule has 3 aromatic rings. The van der Waals surface area contributed by atoms with Gasteiger partial charge in [0, 0.05) is 19.6 Å². The highest BCUT2D eigenvalue weighted by Gasteiger charge is 2.24. The van der Waals surface area contributed by atoms with E-state index in [1.807, 2.05) is 4.90 Å². The lowest BCUT2D eigenvalue weighted by Gasteiger charge is -2.20. The quantitative estimate of drug-likeness (QED) is 0.619. The van der Waals surface area contributed by atoms with Crippen molar-refractivity contribution >= 4 is 27.5 Å². The van der Waals surface area contributed by atoms with Crippen molar-refractivity contribution in [2.75, 3.05) is 13.1 Å². The predicted octanol–water partition coefficient (Wildman–Crippen LogP) is 5.28. The van der Waals surface area contributed by atoms with Crippen molar-refractivity contribution in [1.82, 2.24) is 9.47 Å². The average molecular weight is 367 g/mol. The molecule has 136 valence electrons. The summed E-state index contributed by atoms with van der Waals surface area (Å²) < 4.78 is 3.39. The molecule has 3 heterocycles. The maximum atomic E-state index is 13.0. The number of rotatable bonds is 3. The molecular formula is C22H26N2OS. The first-order valence-electron chi connectivity index (χ1n) is 9.39. The second-order valence-corrected chi connectivity index (χ2v) is 9.18. The monoisotopic (exact) mass is 366 g/mol. The standard InChI is InChI=1S/C22H26N2OS/c1-22(2,3)17-8-6-16(7-9-17)15-24-18-10-13-26-20(18)14-19(24)21(25)23-11-4-5-12-23/h6-10,13-14H,4-5,11-12,15H2,1-3H3. The summed E-state index contributed by atoms with van der Waals surface area (Å²) in [5, 5.41) is 2.11. The Hall–Kier alpha value is -2.07. The van der Waals surface area contributed by atoms with Crippen molar-refractivity contribution in [2.24, 2.45) is 0 Å². The summed E-state index contributed by atoms with van der Waals surface area (Å²) >= 11 is 1.71. The summed E-state index contributed by atoms with van der Waals surface area (Å²) in [6.45, 7) is 9.20. The van der Waals surface area contributed by atoms with Crippen molar-refractivity contribution < 1.29 is 4.79 Å². The van der Waals surface area contributed by atoms with Crippen LogP contribution in [0.3, 0.4) is 0 Å². The molecule has 0 N–H and O–H groups in total. The van der Waals surface area contributed by atoms with Gasteiger partial charge in [-0.15, -0.1) is 11.3 Å². The van der Waals surface area contributed by atoms with E-state index in [1.54, 1.807) is 11.3 Å². The number of fused-ring (bicyclic) bond motifs is 1. The Morgan fingerprint density at radius 3 is 2.42 bits per heavy atom. The van der Waals surface area contributed by atoms with Crippen LogP contribution in [0.4, 0.5) is 0 Å². The van der Waals surface area contributed by atoms with Gasteiger partial charge in [-0.3, -0.25) is 4.79 Å². The van der Waals surface area contributed by atoms with Crippen LogP contribution in [-0.4, -0.2) is 28.5 Å². The van der Waals surface area contributed by atoms with Gasteiger partial charge in [-0.25, -0.2) is 0 Å². The number of amides is 1. The van der Waals surface area contributed by atoms with Crippen LogP contribution < -0.4 is 0 Å². The summed E-state index contributed by atoms with van der Waals surface area (Å²) in [5.74, 6) is 0.178. The molecule has 0 saturated carbocycles. The van der Waals surface area contributed by atoms with E-state index in [0.29, 0.717) is 0 Å². The number of carbonyl (C=O) groups is 1. The zero-order valence-electron chi connectivity index (χ0n) is 15.8. The van der Waals surface area contributed by atoms with Crippen molar-refractivity contribution in [3.63, 3.8) is 0 Å². The molecule has 4 rings (SSSR count). The Morgan fingerprint density at radius 2 is 1.77 bits per heavy atom. The van der Waals surface area contributed by atoms with E-state index in [2.05, 4.69) is 67.1 Å². The topological polar surface area (TPSA) is 25.2 Å². The summed E-state index contributed by atoms with van der Waals surface area (Å²) in [4.78, 5) is 15.0. The molecule has 0 bridgehead atoms. The third-order valence-electron chi connectivity index (χ3n) is 5.30.